The average Bonchev–Trinajstić information content (AvgIpc) is 3.30. The molecule has 1 aliphatic rings. The number of para-hydroxylation sites is 1. The Morgan fingerprint density at radius 2 is 1.90 bits per heavy atom. The number of amides is 2. The third kappa shape index (κ3) is 3.88. The Kier molecular flexibility index (Phi) is 5.94. The van der Waals surface area contributed by atoms with Crippen LogP contribution in [-0.2, 0) is 10.5 Å². The van der Waals surface area contributed by atoms with Gasteiger partial charge >= 0.3 is 6.09 Å². The first-order chi connectivity index (χ1) is 14.5. The maximum absolute atomic E-state index is 13.2. The van der Waals surface area contributed by atoms with Crippen molar-refractivity contribution < 1.29 is 19.1 Å². The van der Waals surface area contributed by atoms with Gasteiger partial charge in [0.05, 0.1) is 10.6 Å². The smallest absolute Gasteiger partial charge is 0.410 e. The molecule has 3 aromatic rings. The van der Waals surface area contributed by atoms with E-state index in [1.165, 1.54) is 11.3 Å². The van der Waals surface area contributed by atoms with Crippen molar-refractivity contribution in [3.63, 3.8) is 0 Å². The Morgan fingerprint density at radius 1 is 1.13 bits per heavy atom. The molecule has 8 heteroatoms. The van der Waals surface area contributed by atoms with Crippen molar-refractivity contribution in [3.8, 4) is 5.75 Å². The highest BCUT2D eigenvalue weighted by Gasteiger charge is 2.46. The van der Waals surface area contributed by atoms with Gasteiger partial charge in [-0.05, 0) is 54.3 Å². The van der Waals surface area contributed by atoms with Crippen LogP contribution in [0.2, 0.25) is 5.02 Å². The monoisotopic (exact) mass is 457 g/mol. The van der Waals surface area contributed by atoms with Crippen LogP contribution in [0.3, 0.4) is 0 Å². The number of nitrogens with zero attached hydrogens (tertiary/aromatic N) is 1. The molecule has 1 atom stereocenters. The van der Waals surface area contributed by atoms with Gasteiger partial charge < -0.3 is 4.74 Å². The fraction of sp³-hybridized carbons (Fsp3) is 0.136. The topological polar surface area (TPSA) is 63.7 Å². The van der Waals surface area contributed by atoms with Crippen LogP contribution < -0.4 is 9.64 Å². The number of Topliss-reactive ketones (excluding diaryl/α,β-unsaturated/α-hetero) is 1. The van der Waals surface area contributed by atoms with Crippen molar-refractivity contribution in [1.29, 1.82) is 0 Å². The number of hydrogen-bond donors (Lipinski definition) is 0. The third-order valence-electron chi connectivity index (χ3n) is 4.59. The highest BCUT2D eigenvalue weighted by atomic mass is 35.5. The van der Waals surface area contributed by atoms with E-state index in [1.807, 2.05) is 12.3 Å². The van der Waals surface area contributed by atoms with Gasteiger partial charge in [0.1, 0.15) is 11.7 Å². The van der Waals surface area contributed by atoms with E-state index in [0.29, 0.717) is 26.9 Å². The number of ketones is 1. The minimum atomic E-state index is -1.14. The lowest BCUT2D eigenvalue weighted by molar-refractivity contribution is -0.117. The maximum atomic E-state index is 13.2. The fourth-order valence-corrected chi connectivity index (χ4v) is 5.21. The Bertz CT molecular complexity index is 1130. The van der Waals surface area contributed by atoms with E-state index in [-0.39, 0.29) is 5.78 Å². The molecule has 2 heterocycles. The third-order valence-corrected chi connectivity index (χ3v) is 6.71. The molecule has 5 nitrogen and oxygen atoms in total. The molecule has 1 aliphatic heterocycles. The molecule has 152 valence electrons. The Balaban J connectivity index is 1.68. The van der Waals surface area contributed by atoms with Gasteiger partial charge in [0.25, 0.3) is 5.91 Å². The van der Waals surface area contributed by atoms with Gasteiger partial charge in [0.2, 0.25) is 0 Å². The minimum Gasteiger partial charge on any atom is -0.410 e. The molecule has 1 unspecified atom stereocenters. The number of rotatable bonds is 5. The number of halogens is 1. The van der Waals surface area contributed by atoms with Gasteiger partial charge in [0, 0.05) is 15.7 Å². The van der Waals surface area contributed by atoms with Gasteiger partial charge in [-0.3, -0.25) is 9.59 Å². The van der Waals surface area contributed by atoms with E-state index in [4.69, 9.17) is 16.3 Å². The zero-order valence-electron chi connectivity index (χ0n) is 15.8. The predicted molar refractivity (Wildman–Crippen MR) is 120 cm³/mol. The van der Waals surface area contributed by atoms with Crippen LogP contribution in [0.1, 0.15) is 26.0 Å². The molecular weight excluding hydrogens is 442 g/mol. The highest BCUT2D eigenvalue weighted by molar-refractivity contribution is 7.97. The fourth-order valence-electron chi connectivity index (χ4n) is 3.29. The van der Waals surface area contributed by atoms with Gasteiger partial charge in [-0.25, -0.2) is 9.69 Å². The van der Waals surface area contributed by atoms with E-state index in [0.717, 1.165) is 15.5 Å². The molecule has 0 aliphatic carbocycles. The van der Waals surface area contributed by atoms with Crippen molar-refractivity contribution in [1.82, 2.24) is 0 Å². The number of imide groups is 1. The van der Waals surface area contributed by atoms with Crippen LogP contribution in [0, 0.1) is 0 Å². The molecule has 0 saturated heterocycles. The standard InChI is InChI=1S/C22H16ClNO4S2/c1-29-12-15-8-10-18(30-15)20(25)19-16-11-13(23)7-9-17(16)24(21(19)26)22(27)28-14-5-3-2-4-6-14/h2-11,19H,12H2,1H3. The van der Waals surface area contributed by atoms with Crippen molar-refractivity contribution in [2.45, 2.75) is 11.7 Å². The first-order valence-electron chi connectivity index (χ1n) is 9.01. The van der Waals surface area contributed by atoms with Gasteiger partial charge in [-0.2, -0.15) is 11.8 Å². The summed E-state index contributed by atoms with van der Waals surface area (Å²) in [6.45, 7) is 0. The summed E-state index contributed by atoms with van der Waals surface area (Å²) < 4.78 is 5.35. The van der Waals surface area contributed by atoms with Crippen molar-refractivity contribution >= 4 is 58.2 Å². The summed E-state index contributed by atoms with van der Waals surface area (Å²) in [5.74, 6) is -1.04. The summed E-state index contributed by atoms with van der Waals surface area (Å²) in [5.41, 5.74) is 0.715. The lowest BCUT2D eigenvalue weighted by Crippen LogP contribution is -2.38. The van der Waals surface area contributed by atoms with Crippen LogP contribution in [0.4, 0.5) is 10.5 Å². The molecule has 0 saturated carbocycles. The molecule has 2 amide bonds. The SMILES string of the molecule is CSCc1ccc(C(=O)C2C(=O)N(C(=O)Oc3ccccc3)c3ccc(Cl)cc32)s1. The quantitative estimate of drug-likeness (QED) is 0.359. The number of ether oxygens (including phenoxy) is 1. The number of hydrogen-bond acceptors (Lipinski definition) is 6. The first-order valence-corrected chi connectivity index (χ1v) is 11.6. The number of thioether (sulfide) groups is 1. The van der Waals surface area contributed by atoms with Crippen LogP contribution in [-0.4, -0.2) is 24.0 Å². The molecule has 1 aromatic heterocycles. The largest absolute Gasteiger partial charge is 0.426 e. The molecule has 4 rings (SSSR count). The molecule has 0 spiro atoms. The predicted octanol–water partition coefficient (Wildman–Crippen LogP) is 5.78. The second-order valence-electron chi connectivity index (χ2n) is 6.55. The summed E-state index contributed by atoms with van der Waals surface area (Å²) in [6, 6.07) is 16.8. The first kappa shape index (κ1) is 20.7. The second-order valence-corrected chi connectivity index (χ2v) is 9.02. The molecule has 0 N–H and O–H groups in total. The molecular formula is C22H16ClNO4S2. The molecule has 0 fully saturated rings. The van der Waals surface area contributed by atoms with Crippen LogP contribution in [0.15, 0.2) is 60.7 Å². The molecule has 0 radical (unpaired) electrons. The summed E-state index contributed by atoms with van der Waals surface area (Å²) in [6.07, 6.45) is 1.12. The average molecular weight is 458 g/mol. The molecule has 2 aromatic carbocycles. The van der Waals surface area contributed by atoms with E-state index in [9.17, 15) is 14.4 Å². The lowest BCUT2D eigenvalue weighted by atomic mass is 9.95. The van der Waals surface area contributed by atoms with E-state index >= 15 is 0 Å². The lowest BCUT2D eigenvalue weighted by Gasteiger charge is -2.15. The zero-order valence-corrected chi connectivity index (χ0v) is 18.2. The number of carbonyl (C=O) groups is 3. The van der Waals surface area contributed by atoms with Crippen LogP contribution >= 0.6 is 34.7 Å². The summed E-state index contributed by atoms with van der Waals surface area (Å²) in [5, 5.41) is 0.381. The van der Waals surface area contributed by atoms with Crippen molar-refractivity contribution in [2.24, 2.45) is 0 Å². The van der Waals surface area contributed by atoms with Crippen LogP contribution in [0.25, 0.3) is 0 Å². The maximum Gasteiger partial charge on any atom is 0.426 e. The number of anilines is 1. The van der Waals surface area contributed by atoms with E-state index in [1.54, 1.807) is 66.4 Å². The van der Waals surface area contributed by atoms with Crippen molar-refractivity contribution in [3.05, 3.63) is 81.0 Å². The highest BCUT2D eigenvalue weighted by Crippen LogP contribution is 2.42. The Morgan fingerprint density at radius 3 is 2.63 bits per heavy atom. The number of benzene rings is 2. The van der Waals surface area contributed by atoms with Gasteiger partial charge in [-0.1, -0.05) is 29.8 Å². The van der Waals surface area contributed by atoms with Crippen LogP contribution in [0.5, 0.6) is 5.75 Å². The molecule has 30 heavy (non-hydrogen) atoms. The minimum absolute atomic E-state index is 0.306. The number of carbonyl (C=O) groups excluding carboxylic acids is 3. The second kappa shape index (κ2) is 8.63. The Hall–Kier alpha value is -2.61. The summed E-state index contributed by atoms with van der Waals surface area (Å²) in [4.78, 5) is 41.7. The van der Waals surface area contributed by atoms with Gasteiger partial charge in [-0.15, -0.1) is 11.3 Å². The number of fused-ring (bicyclic) bond motifs is 1. The van der Waals surface area contributed by atoms with E-state index < -0.39 is 17.9 Å². The Labute approximate surface area is 186 Å². The molecule has 0 bridgehead atoms. The normalized spacial score (nSPS) is 15.2. The number of thiophene rings is 1. The zero-order chi connectivity index (χ0) is 21.3. The van der Waals surface area contributed by atoms with Gasteiger partial charge in [0.15, 0.2) is 5.78 Å². The van der Waals surface area contributed by atoms with Crippen molar-refractivity contribution in [2.75, 3.05) is 11.2 Å². The van der Waals surface area contributed by atoms with E-state index in [2.05, 4.69) is 0 Å². The summed E-state index contributed by atoms with van der Waals surface area (Å²) in [7, 11) is 0. The summed E-state index contributed by atoms with van der Waals surface area (Å²) >= 11 is 9.14.